The van der Waals surface area contributed by atoms with Gasteiger partial charge in [-0.2, -0.15) is 0 Å². The van der Waals surface area contributed by atoms with E-state index in [1.54, 1.807) is 24.3 Å². The Morgan fingerprint density at radius 3 is 2.93 bits per heavy atom. The predicted molar refractivity (Wildman–Crippen MR) is 105 cm³/mol. The third kappa shape index (κ3) is 5.67. The van der Waals surface area contributed by atoms with Crippen molar-refractivity contribution >= 4 is 5.91 Å². The number of amides is 1. The number of carbonyl (C=O) groups excluding carboxylic acids is 1. The highest BCUT2D eigenvalue weighted by Crippen LogP contribution is 2.25. The number of hydrogen-bond acceptors (Lipinski definition) is 3. The summed E-state index contributed by atoms with van der Waals surface area (Å²) in [6.45, 7) is 5.22. The molecule has 1 fully saturated rings. The molecule has 1 aliphatic heterocycles. The minimum Gasteiger partial charge on any atom is -0.461 e. The van der Waals surface area contributed by atoms with Crippen LogP contribution in [0.4, 0.5) is 4.39 Å². The number of benzene rings is 1. The van der Waals surface area contributed by atoms with E-state index in [0.29, 0.717) is 42.5 Å². The first-order valence-electron chi connectivity index (χ1n) is 9.98. The monoisotopic (exact) mass is 372 g/mol. The highest BCUT2D eigenvalue weighted by atomic mass is 19.1. The SMILES string of the molecule is CC1CCCCN1CCCNC(=O)CCc1ccc(-c2ccccc2F)o1. The van der Waals surface area contributed by atoms with Gasteiger partial charge in [0.2, 0.25) is 5.91 Å². The molecular weight excluding hydrogens is 343 g/mol. The lowest BCUT2D eigenvalue weighted by Crippen LogP contribution is -2.39. The number of hydrogen-bond donors (Lipinski definition) is 1. The molecule has 2 aromatic rings. The lowest BCUT2D eigenvalue weighted by atomic mass is 10.0. The van der Waals surface area contributed by atoms with Crippen LogP contribution in [0, 0.1) is 5.82 Å². The molecule has 3 rings (SSSR count). The standard InChI is InChI=1S/C22H29FN2O2/c1-17-7-4-5-15-25(17)16-6-14-24-22(26)13-11-18-10-12-21(27-18)19-8-2-3-9-20(19)23/h2-3,8-10,12,17H,4-7,11,13-16H2,1H3,(H,24,26). The summed E-state index contributed by atoms with van der Waals surface area (Å²) in [6.07, 6.45) is 5.78. The number of furan rings is 1. The third-order valence-electron chi connectivity index (χ3n) is 5.28. The molecule has 0 spiro atoms. The van der Waals surface area contributed by atoms with Crippen LogP contribution < -0.4 is 5.32 Å². The van der Waals surface area contributed by atoms with Crippen molar-refractivity contribution in [2.45, 2.75) is 51.5 Å². The van der Waals surface area contributed by atoms with Crippen molar-refractivity contribution in [3.8, 4) is 11.3 Å². The average Bonchev–Trinajstić information content (AvgIpc) is 3.14. The van der Waals surface area contributed by atoms with Crippen LogP contribution in [-0.4, -0.2) is 36.5 Å². The Bertz CT molecular complexity index is 743. The van der Waals surface area contributed by atoms with Gasteiger partial charge < -0.3 is 14.6 Å². The molecule has 2 heterocycles. The predicted octanol–water partition coefficient (Wildman–Crippen LogP) is 4.40. The van der Waals surface area contributed by atoms with E-state index >= 15 is 0 Å². The van der Waals surface area contributed by atoms with E-state index < -0.39 is 0 Å². The lowest BCUT2D eigenvalue weighted by Gasteiger charge is -2.33. The first-order valence-corrected chi connectivity index (χ1v) is 9.98. The molecule has 5 heteroatoms. The van der Waals surface area contributed by atoms with Gasteiger partial charge in [-0.3, -0.25) is 4.79 Å². The Kier molecular flexibility index (Phi) is 7.04. The van der Waals surface area contributed by atoms with Crippen molar-refractivity contribution in [3.05, 3.63) is 48.0 Å². The fraction of sp³-hybridized carbons (Fsp3) is 0.500. The van der Waals surface area contributed by atoms with Crippen molar-refractivity contribution in [2.24, 2.45) is 0 Å². The zero-order valence-electron chi connectivity index (χ0n) is 16.0. The first kappa shape index (κ1) is 19.6. The Labute approximate surface area is 160 Å². The quantitative estimate of drug-likeness (QED) is 0.699. The first-order chi connectivity index (χ1) is 13.1. The van der Waals surface area contributed by atoms with Crippen molar-refractivity contribution in [1.29, 1.82) is 0 Å². The normalized spacial score (nSPS) is 17.8. The molecule has 1 aromatic heterocycles. The number of aryl methyl sites for hydroxylation is 1. The number of rotatable bonds is 8. The van der Waals surface area contributed by atoms with E-state index in [0.717, 1.165) is 13.0 Å². The van der Waals surface area contributed by atoms with Gasteiger partial charge in [-0.25, -0.2) is 4.39 Å². The van der Waals surface area contributed by atoms with E-state index in [-0.39, 0.29) is 11.7 Å². The molecule has 1 aromatic carbocycles. The molecule has 0 saturated carbocycles. The van der Waals surface area contributed by atoms with Gasteiger partial charge in [0.1, 0.15) is 17.3 Å². The van der Waals surface area contributed by atoms with Crippen LogP contribution in [0.15, 0.2) is 40.8 Å². The molecule has 0 bridgehead atoms. The van der Waals surface area contributed by atoms with E-state index in [1.807, 2.05) is 6.07 Å². The van der Waals surface area contributed by atoms with Gasteiger partial charge >= 0.3 is 0 Å². The maximum Gasteiger partial charge on any atom is 0.220 e. The molecule has 1 unspecified atom stereocenters. The molecule has 1 saturated heterocycles. The second-order valence-corrected chi connectivity index (χ2v) is 7.33. The van der Waals surface area contributed by atoms with Gasteiger partial charge in [-0.05, 0) is 57.0 Å². The highest BCUT2D eigenvalue weighted by molar-refractivity contribution is 5.76. The molecule has 0 aliphatic carbocycles. The fourth-order valence-corrected chi connectivity index (χ4v) is 3.64. The summed E-state index contributed by atoms with van der Waals surface area (Å²) < 4.78 is 19.5. The molecule has 1 atom stereocenters. The zero-order valence-corrected chi connectivity index (χ0v) is 16.0. The maximum absolute atomic E-state index is 13.8. The summed E-state index contributed by atoms with van der Waals surface area (Å²) >= 11 is 0. The van der Waals surface area contributed by atoms with E-state index in [1.165, 1.54) is 31.9 Å². The molecule has 146 valence electrons. The van der Waals surface area contributed by atoms with Crippen LogP contribution in [-0.2, 0) is 11.2 Å². The number of nitrogens with one attached hydrogen (secondary N) is 1. The van der Waals surface area contributed by atoms with E-state index in [2.05, 4.69) is 17.1 Å². The number of halogens is 1. The molecule has 4 nitrogen and oxygen atoms in total. The number of nitrogens with zero attached hydrogens (tertiary/aromatic N) is 1. The number of piperidine rings is 1. The van der Waals surface area contributed by atoms with E-state index in [4.69, 9.17) is 4.42 Å². The van der Waals surface area contributed by atoms with Crippen molar-refractivity contribution in [3.63, 3.8) is 0 Å². The summed E-state index contributed by atoms with van der Waals surface area (Å²) in [4.78, 5) is 14.6. The minimum atomic E-state index is -0.306. The van der Waals surface area contributed by atoms with Crippen molar-refractivity contribution in [1.82, 2.24) is 10.2 Å². The Morgan fingerprint density at radius 1 is 1.26 bits per heavy atom. The summed E-state index contributed by atoms with van der Waals surface area (Å²) in [6, 6.07) is 10.8. The van der Waals surface area contributed by atoms with Gasteiger partial charge in [0, 0.05) is 32.0 Å². The molecular formula is C22H29FN2O2. The number of likely N-dealkylation sites (tertiary alicyclic amines) is 1. The van der Waals surface area contributed by atoms with Gasteiger partial charge in [-0.1, -0.05) is 18.6 Å². The van der Waals surface area contributed by atoms with Gasteiger partial charge in [0.25, 0.3) is 0 Å². The summed E-state index contributed by atoms with van der Waals surface area (Å²) in [5.41, 5.74) is 0.445. The van der Waals surface area contributed by atoms with Gasteiger partial charge in [-0.15, -0.1) is 0 Å². The zero-order chi connectivity index (χ0) is 19.1. The number of carbonyl (C=O) groups is 1. The maximum atomic E-state index is 13.8. The summed E-state index contributed by atoms with van der Waals surface area (Å²) in [5.74, 6) is 0.925. The van der Waals surface area contributed by atoms with Gasteiger partial charge in [0.15, 0.2) is 0 Å². The van der Waals surface area contributed by atoms with Crippen LogP contribution in [0.5, 0.6) is 0 Å². The van der Waals surface area contributed by atoms with E-state index in [9.17, 15) is 9.18 Å². The fourth-order valence-electron chi connectivity index (χ4n) is 3.64. The molecule has 1 aliphatic rings. The second-order valence-electron chi connectivity index (χ2n) is 7.33. The highest BCUT2D eigenvalue weighted by Gasteiger charge is 2.17. The van der Waals surface area contributed by atoms with Crippen LogP contribution in [0.3, 0.4) is 0 Å². The smallest absolute Gasteiger partial charge is 0.220 e. The molecule has 1 N–H and O–H groups in total. The Morgan fingerprint density at radius 2 is 2.11 bits per heavy atom. The van der Waals surface area contributed by atoms with Gasteiger partial charge in [0.05, 0.1) is 5.56 Å². The molecule has 1 amide bonds. The van der Waals surface area contributed by atoms with Crippen LogP contribution in [0.25, 0.3) is 11.3 Å². The minimum absolute atomic E-state index is 0.0329. The molecule has 27 heavy (non-hydrogen) atoms. The molecule has 0 radical (unpaired) electrons. The summed E-state index contributed by atoms with van der Waals surface area (Å²) in [7, 11) is 0. The Hall–Kier alpha value is -2.14. The lowest BCUT2D eigenvalue weighted by molar-refractivity contribution is -0.121. The largest absolute Gasteiger partial charge is 0.461 e. The van der Waals surface area contributed by atoms with Crippen LogP contribution in [0.2, 0.25) is 0 Å². The second kappa shape index (κ2) is 9.70. The third-order valence-corrected chi connectivity index (χ3v) is 5.28. The van der Waals surface area contributed by atoms with Crippen LogP contribution in [0.1, 0.15) is 44.8 Å². The van der Waals surface area contributed by atoms with Crippen molar-refractivity contribution in [2.75, 3.05) is 19.6 Å². The topological polar surface area (TPSA) is 45.5 Å². The summed E-state index contributed by atoms with van der Waals surface area (Å²) in [5, 5.41) is 2.99. The Balaban J connectivity index is 1.36. The average molecular weight is 372 g/mol. The van der Waals surface area contributed by atoms with Crippen molar-refractivity contribution < 1.29 is 13.6 Å². The van der Waals surface area contributed by atoms with Crippen LogP contribution >= 0.6 is 0 Å².